The molecule has 0 bridgehead atoms. The van der Waals surface area contributed by atoms with E-state index in [1.807, 2.05) is 18.2 Å². The molecule has 4 nitrogen and oxygen atoms in total. The summed E-state index contributed by atoms with van der Waals surface area (Å²) in [5, 5.41) is 2.80. The highest BCUT2D eigenvalue weighted by molar-refractivity contribution is 14.1. The van der Waals surface area contributed by atoms with Crippen molar-refractivity contribution in [2.45, 2.75) is 0 Å². The van der Waals surface area contributed by atoms with E-state index < -0.39 is 0 Å². The van der Waals surface area contributed by atoms with Crippen molar-refractivity contribution in [3.8, 4) is 0 Å². The Balaban J connectivity index is 2.18. The molecule has 3 N–H and O–H groups in total. The lowest BCUT2D eigenvalue weighted by molar-refractivity contribution is 0.102. The van der Waals surface area contributed by atoms with Gasteiger partial charge in [-0.3, -0.25) is 4.79 Å². The number of amides is 1. The number of nitrogen functional groups attached to an aromatic ring is 1. The monoisotopic (exact) mass is 417 g/mol. The molecular formula is C12H9BrIN3O. The molecule has 2 aromatic rings. The van der Waals surface area contributed by atoms with Crippen molar-refractivity contribution < 1.29 is 4.79 Å². The Morgan fingerprint density at radius 3 is 2.78 bits per heavy atom. The number of halogens is 2. The number of nitrogens with zero attached hydrogens (tertiary/aromatic N) is 1. The van der Waals surface area contributed by atoms with Crippen LogP contribution in [0, 0.1) is 3.57 Å². The van der Waals surface area contributed by atoms with E-state index in [0.717, 1.165) is 13.7 Å². The van der Waals surface area contributed by atoms with Crippen LogP contribution in [0.2, 0.25) is 0 Å². The third kappa shape index (κ3) is 3.20. The normalized spacial score (nSPS) is 10.1. The average molecular weight is 418 g/mol. The number of hydrogen-bond donors (Lipinski definition) is 2. The van der Waals surface area contributed by atoms with Crippen LogP contribution in [0.1, 0.15) is 10.4 Å². The molecule has 1 heterocycles. The van der Waals surface area contributed by atoms with Gasteiger partial charge in [-0.25, -0.2) is 4.98 Å². The summed E-state index contributed by atoms with van der Waals surface area (Å²) in [5.74, 6) is 0.114. The number of pyridine rings is 1. The van der Waals surface area contributed by atoms with Crippen molar-refractivity contribution in [3.63, 3.8) is 0 Å². The smallest absolute Gasteiger partial charge is 0.255 e. The molecule has 0 unspecified atom stereocenters. The fourth-order valence-electron chi connectivity index (χ4n) is 1.37. The number of anilines is 2. The molecule has 18 heavy (non-hydrogen) atoms. The van der Waals surface area contributed by atoms with Gasteiger partial charge in [-0.1, -0.05) is 0 Å². The van der Waals surface area contributed by atoms with Gasteiger partial charge in [0.2, 0.25) is 0 Å². The molecule has 0 atom stereocenters. The zero-order chi connectivity index (χ0) is 13.1. The van der Waals surface area contributed by atoms with E-state index in [0.29, 0.717) is 11.4 Å². The van der Waals surface area contributed by atoms with E-state index in [1.54, 1.807) is 6.07 Å². The topological polar surface area (TPSA) is 68.0 Å². The fourth-order valence-corrected chi connectivity index (χ4v) is 2.08. The largest absolute Gasteiger partial charge is 0.384 e. The molecular weight excluding hydrogens is 409 g/mol. The van der Waals surface area contributed by atoms with Crippen molar-refractivity contribution in [1.82, 2.24) is 4.98 Å². The minimum Gasteiger partial charge on any atom is -0.384 e. The molecule has 1 aromatic carbocycles. The van der Waals surface area contributed by atoms with E-state index in [9.17, 15) is 4.79 Å². The first-order valence-corrected chi connectivity index (χ1v) is 6.91. The van der Waals surface area contributed by atoms with Crippen LogP contribution in [0.15, 0.2) is 41.0 Å². The predicted molar refractivity (Wildman–Crippen MR) is 83.5 cm³/mol. The van der Waals surface area contributed by atoms with Gasteiger partial charge in [0.1, 0.15) is 5.82 Å². The molecule has 0 aliphatic heterocycles. The van der Waals surface area contributed by atoms with Crippen LogP contribution in [0.4, 0.5) is 11.5 Å². The minimum atomic E-state index is -0.211. The lowest BCUT2D eigenvalue weighted by Crippen LogP contribution is -2.12. The molecule has 6 heteroatoms. The SMILES string of the molecule is Nc1cc(C(=O)Nc2ccc(I)c(Br)c2)ccn1. The Labute approximate surface area is 126 Å². The number of carbonyl (C=O) groups is 1. The van der Waals surface area contributed by atoms with E-state index in [4.69, 9.17) is 5.73 Å². The Hall–Kier alpha value is -1.15. The van der Waals surface area contributed by atoms with Crippen LogP contribution in [0.25, 0.3) is 0 Å². The summed E-state index contributed by atoms with van der Waals surface area (Å²) in [6.07, 6.45) is 1.51. The summed E-state index contributed by atoms with van der Waals surface area (Å²) in [5.41, 5.74) is 6.74. The average Bonchev–Trinajstić information content (AvgIpc) is 2.34. The first kappa shape index (κ1) is 13.3. The van der Waals surface area contributed by atoms with Crippen molar-refractivity contribution in [2.75, 3.05) is 11.1 Å². The van der Waals surface area contributed by atoms with Gasteiger partial charge in [0.15, 0.2) is 0 Å². The predicted octanol–water partition coefficient (Wildman–Crippen LogP) is 3.28. The van der Waals surface area contributed by atoms with Gasteiger partial charge < -0.3 is 11.1 Å². The number of nitrogens with one attached hydrogen (secondary N) is 1. The second-order valence-electron chi connectivity index (χ2n) is 3.55. The summed E-state index contributed by atoms with van der Waals surface area (Å²) in [7, 11) is 0. The number of aromatic nitrogens is 1. The third-order valence-electron chi connectivity index (χ3n) is 2.22. The number of hydrogen-bond acceptors (Lipinski definition) is 3. The second-order valence-corrected chi connectivity index (χ2v) is 5.57. The quantitative estimate of drug-likeness (QED) is 0.736. The van der Waals surface area contributed by atoms with Gasteiger partial charge in [0.05, 0.1) is 0 Å². The lowest BCUT2D eigenvalue weighted by atomic mass is 10.2. The Bertz CT molecular complexity index is 604. The van der Waals surface area contributed by atoms with Gasteiger partial charge in [-0.2, -0.15) is 0 Å². The summed E-state index contributed by atoms with van der Waals surface area (Å²) in [4.78, 5) is 15.8. The maximum absolute atomic E-state index is 12.0. The van der Waals surface area contributed by atoms with E-state index >= 15 is 0 Å². The number of rotatable bonds is 2. The zero-order valence-electron chi connectivity index (χ0n) is 9.15. The molecule has 0 saturated heterocycles. The van der Waals surface area contributed by atoms with Crippen molar-refractivity contribution >= 4 is 55.9 Å². The Kier molecular flexibility index (Phi) is 4.18. The molecule has 0 aliphatic carbocycles. The molecule has 1 amide bonds. The van der Waals surface area contributed by atoms with Crippen molar-refractivity contribution in [1.29, 1.82) is 0 Å². The highest BCUT2D eigenvalue weighted by Crippen LogP contribution is 2.23. The third-order valence-corrected chi connectivity index (χ3v) is 4.56. The van der Waals surface area contributed by atoms with Gasteiger partial charge >= 0.3 is 0 Å². The molecule has 0 fully saturated rings. The first-order chi connectivity index (χ1) is 8.56. The number of carbonyl (C=O) groups excluding carboxylic acids is 1. The number of nitrogens with two attached hydrogens (primary N) is 1. The van der Waals surface area contributed by atoms with Gasteiger partial charge in [0.25, 0.3) is 5.91 Å². The molecule has 0 aliphatic rings. The molecule has 0 saturated carbocycles. The van der Waals surface area contributed by atoms with E-state index in [-0.39, 0.29) is 5.91 Å². The van der Waals surface area contributed by atoms with Crippen LogP contribution in [0.5, 0.6) is 0 Å². The fraction of sp³-hybridized carbons (Fsp3) is 0. The van der Waals surface area contributed by atoms with Crippen LogP contribution in [0.3, 0.4) is 0 Å². The summed E-state index contributed by atoms with van der Waals surface area (Å²) in [6.45, 7) is 0. The minimum absolute atomic E-state index is 0.211. The van der Waals surface area contributed by atoms with Crippen LogP contribution in [-0.2, 0) is 0 Å². The number of benzene rings is 1. The first-order valence-electron chi connectivity index (χ1n) is 5.04. The van der Waals surface area contributed by atoms with Crippen LogP contribution in [-0.4, -0.2) is 10.9 Å². The Morgan fingerprint density at radius 2 is 2.11 bits per heavy atom. The van der Waals surface area contributed by atoms with Gasteiger partial charge in [-0.15, -0.1) is 0 Å². The maximum Gasteiger partial charge on any atom is 0.255 e. The molecule has 92 valence electrons. The lowest BCUT2D eigenvalue weighted by Gasteiger charge is -2.06. The molecule has 0 spiro atoms. The summed E-state index contributed by atoms with van der Waals surface area (Å²) < 4.78 is 2.02. The Morgan fingerprint density at radius 1 is 1.33 bits per heavy atom. The molecule has 2 rings (SSSR count). The van der Waals surface area contributed by atoms with Crippen LogP contribution >= 0.6 is 38.5 Å². The highest BCUT2D eigenvalue weighted by Gasteiger charge is 2.07. The van der Waals surface area contributed by atoms with Gasteiger partial charge in [0, 0.05) is 25.5 Å². The second kappa shape index (κ2) is 5.66. The zero-order valence-corrected chi connectivity index (χ0v) is 12.9. The summed E-state index contributed by atoms with van der Waals surface area (Å²) >= 11 is 5.62. The van der Waals surface area contributed by atoms with E-state index in [2.05, 4.69) is 48.8 Å². The van der Waals surface area contributed by atoms with Crippen molar-refractivity contribution in [3.05, 3.63) is 50.1 Å². The van der Waals surface area contributed by atoms with Crippen LogP contribution < -0.4 is 11.1 Å². The molecule has 0 radical (unpaired) electrons. The van der Waals surface area contributed by atoms with Gasteiger partial charge in [-0.05, 0) is 68.9 Å². The van der Waals surface area contributed by atoms with Crippen molar-refractivity contribution in [2.24, 2.45) is 0 Å². The molecule has 1 aromatic heterocycles. The standard InChI is InChI=1S/C12H9BrIN3O/c13-9-6-8(1-2-10(9)14)17-12(18)7-3-4-16-11(15)5-7/h1-6H,(H2,15,16)(H,17,18). The maximum atomic E-state index is 12.0. The highest BCUT2D eigenvalue weighted by atomic mass is 127. The summed E-state index contributed by atoms with van der Waals surface area (Å²) in [6, 6.07) is 8.77. The van der Waals surface area contributed by atoms with E-state index in [1.165, 1.54) is 12.3 Å².